The molecule has 0 bridgehead atoms. The summed E-state index contributed by atoms with van der Waals surface area (Å²) >= 11 is 0. The van der Waals surface area contributed by atoms with Crippen molar-refractivity contribution in [3.8, 4) is 33.8 Å². The molecule has 4 nitrogen and oxygen atoms in total. The zero-order valence-electron chi connectivity index (χ0n) is 15.6. The van der Waals surface area contributed by atoms with Gasteiger partial charge in [0.1, 0.15) is 11.5 Å². The fourth-order valence-corrected chi connectivity index (χ4v) is 3.08. The number of aliphatic hydroxyl groups is 1. The van der Waals surface area contributed by atoms with Crippen molar-refractivity contribution in [2.45, 2.75) is 6.61 Å². The molecule has 0 aliphatic heterocycles. The average molecular weight is 364 g/mol. The smallest absolute Gasteiger partial charge is 0.118 e. The van der Waals surface area contributed by atoms with Crippen molar-refractivity contribution >= 4 is 0 Å². The molecule has 3 rings (SSSR count). The van der Waals surface area contributed by atoms with E-state index < -0.39 is 0 Å². The minimum Gasteiger partial charge on any atom is -0.497 e. The van der Waals surface area contributed by atoms with E-state index in [-0.39, 0.29) is 6.61 Å². The zero-order valence-corrected chi connectivity index (χ0v) is 15.6. The highest BCUT2D eigenvalue weighted by atomic mass is 16.5. The van der Waals surface area contributed by atoms with Crippen molar-refractivity contribution in [3.63, 3.8) is 0 Å². The molecule has 27 heavy (non-hydrogen) atoms. The highest BCUT2D eigenvalue weighted by Gasteiger charge is 2.13. The molecule has 0 radical (unpaired) electrons. The molecule has 0 aliphatic carbocycles. The second-order valence-electron chi connectivity index (χ2n) is 6.07. The van der Waals surface area contributed by atoms with Crippen LogP contribution in [0.2, 0.25) is 0 Å². The predicted octanol–water partition coefficient (Wildman–Crippen LogP) is 4.55. The molecule has 0 aliphatic rings. The summed E-state index contributed by atoms with van der Waals surface area (Å²) in [6.45, 7) is 0.761. The van der Waals surface area contributed by atoms with E-state index in [1.165, 1.54) is 0 Å². The van der Waals surface area contributed by atoms with Crippen molar-refractivity contribution in [2.75, 3.05) is 27.4 Å². The molecule has 0 saturated carbocycles. The van der Waals surface area contributed by atoms with Crippen molar-refractivity contribution in [1.29, 1.82) is 0 Å². The van der Waals surface area contributed by atoms with Crippen molar-refractivity contribution in [1.82, 2.24) is 0 Å². The summed E-state index contributed by atoms with van der Waals surface area (Å²) in [7, 11) is 3.32. The summed E-state index contributed by atoms with van der Waals surface area (Å²) in [4.78, 5) is 0. The van der Waals surface area contributed by atoms with Gasteiger partial charge >= 0.3 is 0 Å². The van der Waals surface area contributed by atoms with Crippen molar-refractivity contribution < 1.29 is 19.3 Å². The molecule has 3 aromatic rings. The molecule has 0 atom stereocenters. The van der Waals surface area contributed by atoms with Crippen LogP contribution in [0.15, 0.2) is 66.7 Å². The Morgan fingerprint density at radius 1 is 0.741 bits per heavy atom. The van der Waals surface area contributed by atoms with Crippen molar-refractivity contribution in [2.24, 2.45) is 0 Å². The van der Waals surface area contributed by atoms with Gasteiger partial charge < -0.3 is 19.3 Å². The minimum atomic E-state index is 0.00996. The van der Waals surface area contributed by atoms with Gasteiger partial charge in [-0.15, -0.1) is 0 Å². The van der Waals surface area contributed by atoms with E-state index in [4.69, 9.17) is 19.3 Å². The highest BCUT2D eigenvalue weighted by Crippen LogP contribution is 2.36. The first-order valence-corrected chi connectivity index (χ1v) is 8.86. The Morgan fingerprint density at radius 3 is 1.89 bits per heavy atom. The highest BCUT2D eigenvalue weighted by molar-refractivity contribution is 5.86. The van der Waals surface area contributed by atoms with Gasteiger partial charge in [-0.1, -0.05) is 42.5 Å². The lowest BCUT2D eigenvalue weighted by molar-refractivity contribution is 0.0818. The van der Waals surface area contributed by atoms with E-state index in [2.05, 4.69) is 36.4 Å². The fraction of sp³-hybridized carbons (Fsp3) is 0.217. The first-order valence-electron chi connectivity index (χ1n) is 8.86. The van der Waals surface area contributed by atoms with Crippen LogP contribution in [0.25, 0.3) is 22.3 Å². The predicted molar refractivity (Wildman–Crippen MR) is 107 cm³/mol. The molecule has 4 heteroatoms. The van der Waals surface area contributed by atoms with Crippen molar-refractivity contribution in [3.05, 3.63) is 72.3 Å². The Labute approximate surface area is 160 Å². The lowest BCUT2D eigenvalue weighted by atomic mass is 9.90. The lowest BCUT2D eigenvalue weighted by Gasteiger charge is -2.16. The minimum absolute atomic E-state index is 0.00996. The molecule has 3 aromatic carbocycles. The van der Waals surface area contributed by atoms with Gasteiger partial charge in [0.25, 0.3) is 0 Å². The maximum absolute atomic E-state index is 9.02. The molecule has 0 fully saturated rings. The van der Waals surface area contributed by atoms with Crippen LogP contribution in [0.5, 0.6) is 11.5 Å². The Bertz CT molecular complexity index is 855. The number of methoxy groups -OCH3 is 2. The Morgan fingerprint density at radius 2 is 1.33 bits per heavy atom. The number of aliphatic hydroxyl groups excluding tert-OH is 1. The van der Waals surface area contributed by atoms with Crippen LogP contribution in [0.3, 0.4) is 0 Å². The molecule has 0 aromatic heterocycles. The molecular formula is C23H24O4. The monoisotopic (exact) mass is 364 g/mol. The van der Waals surface area contributed by atoms with E-state index in [0.29, 0.717) is 13.2 Å². The summed E-state index contributed by atoms with van der Waals surface area (Å²) in [5.74, 6) is 1.64. The van der Waals surface area contributed by atoms with Crippen LogP contribution in [0.1, 0.15) is 5.56 Å². The summed E-state index contributed by atoms with van der Waals surface area (Å²) in [5.41, 5.74) is 5.49. The molecule has 0 unspecified atom stereocenters. The van der Waals surface area contributed by atoms with Crippen LogP contribution >= 0.6 is 0 Å². The van der Waals surface area contributed by atoms with E-state index in [0.717, 1.165) is 39.3 Å². The third kappa shape index (κ3) is 4.48. The number of hydrogen-bond donors (Lipinski definition) is 1. The first-order chi connectivity index (χ1) is 13.3. The maximum atomic E-state index is 9.02. The fourth-order valence-electron chi connectivity index (χ4n) is 3.08. The molecular weight excluding hydrogens is 340 g/mol. The number of hydrogen-bond acceptors (Lipinski definition) is 4. The standard InChI is InChI=1S/C23H24O4/c1-25-20-10-6-17(7-11-20)22-5-3-4-19(16-27-15-14-24)23(22)18-8-12-21(26-2)13-9-18/h3-13,24H,14-16H2,1-2H3. The Balaban J connectivity index is 2.08. The van der Waals surface area contributed by atoms with Gasteiger partial charge in [0.05, 0.1) is 34.0 Å². The van der Waals surface area contributed by atoms with Crippen LogP contribution < -0.4 is 9.47 Å². The molecule has 0 saturated heterocycles. The van der Waals surface area contributed by atoms with Gasteiger partial charge in [-0.2, -0.15) is 0 Å². The second kappa shape index (κ2) is 9.21. The van der Waals surface area contributed by atoms with Crippen LogP contribution in [-0.4, -0.2) is 32.5 Å². The van der Waals surface area contributed by atoms with Gasteiger partial charge in [-0.05, 0) is 52.1 Å². The Hall–Kier alpha value is -2.82. The van der Waals surface area contributed by atoms with Gasteiger partial charge in [-0.3, -0.25) is 0 Å². The summed E-state index contributed by atoms with van der Waals surface area (Å²) in [5, 5.41) is 9.02. The maximum Gasteiger partial charge on any atom is 0.118 e. The first kappa shape index (κ1) is 19.0. The van der Waals surface area contributed by atoms with Gasteiger partial charge in [0.2, 0.25) is 0 Å². The third-order valence-electron chi connectivity index (χ3n) is 4.42. The topological polar surface area (TPSA) is 47.9 Å². The zero-order chi connectivity index (χ0) is 19.1. The van der Waals surface area contributed by atoms with E-state index in [9.17, 15) is 0 Å². The van der Waals surface area contributed by atoms with E-state index in [1.807, 2.05) is 30.3 Å². The normalized spacial score (nSPS) is 10.6. The molecule has 140 valence electrons. The van der Waals surface area contributed by atoms with Crippen LogP contribution in [0.4, 0.5) is 0 Å². The summed E-state index contributed by atoms with van der Waals surface area (Å²) in [6.07, 6.45) is 0. The third-order valence-corrected chi connectivity index (χ3v) is 4.42. The number of rotatable bonds is 8. The van der Waals surface area contributed by atoms with E-state index in [1.54, 1.807) is 14.2 Å². The molecule has 0 spiro atoms. The summed E-state index contributed by atoms with van der Waals surface area (Å²) < 4.78 is 16.2. The SMILES string of the molecule is COc1ccc(-c2cccc(COCCO)c2-c2ccc(OC)cc2)cc1. The van der Waals surface area contributed by atoms with Crippen LogP contribution in [-0.2, 0) is 11.3 Å². The number of ether oxygens (including phenoxy) is 3. The molecule has 0 amide bonds. The van der Waals surface area contributed by atoms with Crippen LogP contribution in [0, 0.1) is 0 Å². The second-order valence-corrected chi connectivity index (χ2v) is 6.07. The summed E-state index contributed by atoms with van der Waals surface area (Å²) in [6, 6.07) is 22.2. The van der Waals surface area contributed by atoms with Gasteiger partial charge in [-0.25, -0.2) is 0 Å². The molecule has 1 N–H and O–H groups in total. The quantitative estimate of drug-likeness (QED) is 0.596. The van der Waals surface area contributed by atoms with Gasteiger partial charge in [0, 0.05) is 0 Å². The Kier molecular flexibility index (Phi) is 6.47. The largest absolute Gasteiger partial charge is 0.497 e. The number of benzene rings is 3. The lowest BCUT2D eigenvalue weighted by Crippen LogP contribution is -2.01. The van der Waals surface area contributed by atoms with E-state index >= 15 is 0 Å². The average Bonchev–Trinajstić information content (AvgIpc) is 2.74. The molecule has 0 heterocycles. The van der Waals surface area contributed by atoms with Gasteiger partial charge in [0.15, 0.2) is 0 Å².